The van der Waals surface area contributed by atoms with Crippen LogP contribution < -0.4 is 0 Å². The zero-order valence-corrected chi connectivity index (χ0v) is 10.1. The molecule has 0 radical (unpaired) electrons. The van der Waals surface area contributed by atoms with Crippen molar-refractivity contribution in [2.45, 2.75) is 20.3 Å². The molecule has 0 saturated heterocycles. The number of hydrogen-bond acceptors (Lipinski definition) is 2. The van der Waals surface area contributed by atoms with Crippen molar-refractivity contribution in [2.24, 2.45) is 0 Å². The number of H-pyrrole nitrogens is 1. The SMILES string of the molecule is CCc1[nH]c2c(C)c(F)ccc2c1C(=O)OC. The molecule has 90 valence electrons. The molecule has 0 aliphatic heterocycles. The molecular weight excluding hydrogens is 221 g/mol. The van der Waals surface area contributed by atoms with Gasteiger partial charge in [-0.05, 0) is 25.5 Å². The Hall–Kier alpha value is -1.84. The monoisotopic (exact) mass is 235 g/mol. The number of fused-ring (bicyclic) bond motifs is 1. The molecule has 0 unspecified atom stereocenters. The molecule has 4 heteroatoms. The summed E-state index contributed by atoms with van der Waals surface area (Å²) >= 11 is 0. The molecule has 0 bridgehead atoms. The second kappa shape index (κ2) is 4.20. The highest BCUT2D eigenvalue weighted by atomic mass is 19.1. The van der Waals surface area contributed by atoms with Gasteiger partial charge in [0.15, 0.2) is 0 Å². The van der Waals surface area contributed by atoms with Gasteiger partial charge in [-0.2, -0.15) is 0 Å². The van der Waals surface area contributed by atoms with Crippen LogP contribution in [0, 0.1) is 12.7 Å². The average molecular weight is 235 g/mol. The third-order valence-corrected chi connectivity index (χ3v) is 2.99. The molecule has 1 aromatic heterocycles. The van der Waals surface area contributed by atoms with Crippen LogP contribution in [0.1, 0.15) is 28.5 Å². The van der Waals surface area contributed by atoms with Gasteiger partial charge in [0, 0.05) is 16.6 Å². The average Bonchev–Trinajstić information content (AvgIpc) is 2.72. The zero-order valence-electron chi connectivity index (χ0n) is 10.1. The Labute approximate surface area is 98.6 Å². The number of aromatic amines is 1. The first kappa shape index (κ1) is 11.6. The largest absolute Gasteiger partial charge is 0.465 e. The molecule has 0 aliphatic carbocycles. The van der Waals surface area contributed by atoms with Crippen LogP contribution in [0.2, 0.25) is 0 Å². The summed E-state index contributed by atoms with van der Waals surface area (Å²) in [5.74, 6) is -0.670. The van der Waals surface area contributed by atoms with Crippen LogP contribution in [0.4, 0.5) is 4.39 Å². The first-order valence-corrected chi connectivity index (χ1v) is 5.48. The van der Waals surface area contributed by atoms with Gasteiger partial charge in [-0.3, -0.25) is 0 Å². The molecule has 1 aromatic carbocycles. The van der Waals surface area contributed by atoms with Crippen molar-refractivity contribution < 1.29 is 13.9 Å². The van der Waals surface area contributed by atoms with Crippen LogP contribution in [-0.4, -0.2) is 18.1 Å². The summed E-state index contributed by atoms with van der Waals surface area (Å²) in [5.41, 5.74) is 2.48. The molecule has 0 amide bonds. The number of carbonyl (C=O) groups is 1. The quantitative estimate of drug-likeness (QED) is 0.813. The number of aromatic nitrogens is 1. The molecule has 0 fully saturated rings. The van der Waals surface area contributed by atoms with Crippen molar-refractivity contribution in [1.82, 2.24) is 4.98 Å². The fraction of sp³-hybridized carbons (Fsp3) is 0.308. The molecule has 1 N–H and O–H groups in total. The molecule has 0 atom stereocenters. The Bertz CT molecular complexity index is 587. The summed E-state index contributed by atoms with van der Waals surface area (Å²) in [4.78, 5) is 14.8. The smallest absolute Gasteiger partial charge is 0.340 e. The number of carbonyl (C=O) groups excluding carboxylic acids is 1. The third-order valence-electron chi connectivity index (χ3n) is 2.99. The minimum Gasteiger partial charge on any atom is -0.465 e. The highest BCUT2D eigenvalue weighted by Gasteiger charge is 2.19. The molecule has 2 aromatic rings. The number of methoxy groups -OCH3 is 1. The zero-order chi connectivity index (χ0) is 12.6. The fourth-order valence-electron chi connectivity index (χ4n) is 2.03. The van der Waals surface area contributed by atoms with Crippen molar-refractivity contribution in [1.29, 1.82) is 0 Å². The van der Waals surface area contributed by atoms with Gasteiger partial charge >= 0.3 is 5.97 Å². The van der Waals surface area contributed by atoms with E-state index in [4.69, 9.17) is 4.74 Å². The van der Waals surface area contributed by atoms with E-state index in [-0.39, 0.29) is 11.8 Å². The van der Waals surface area contributed by atoms with E-state index in [9.17, 15) is 9.18 Å². The van der Waals surface area contributed by atoms with E-state index in [1.807, 2.05) is 6.92 Å². The van der Waals surface area contributed by atoms with Crippen molar-refractivity contribution in [3.05, 3.63) is 34.8 Å². The molecular formula is C13H14FNO2. The minimum absolute atomic E-state index is 0.280. The topological polar surface area (TPSA) is 42.1 Å². The Morgan fingerprint density at radius 2 is 2.18 bits per heavy atom. The van der Waals surface area contributed by atoms with Crippen LogP contribution in [0.15, 0.2) is 12.1 Å². The number of aryl methyl sites for hydroxylation is 2. The number of esters is 1. The molecule has 3 nitrogen and oxygen atoms in total. The number of benzene rings is 1. The van der Waals surface area contributed by atoms with E-state index >= 15 is 0 Å². The van der Waals surface area contributed by atoms with Gasteiger partial charge in [-0.25, -0.2) is 9.18 Å². The van der Waals surface area contributed by atoms with Crippen LogP contribution in [0.3, 0.4) is 0 Å². The maximum Gasteiger partial charge on any atom is 0.340 e. The molecule has 2 rings (SSSR count). The Morgan fingerprint density at radius 3 is 2.76 bits per heavy atom. The highest BCUT2D eigenvalue weighted by Crippen LogP contribution is 2.27. The molecule has 0 spiro atoms. The van der Waals surface area contributed by atoms with E-state index < -0.39 is 0 Å². The number of ether oxygens (including phenoxy) is 1. The lowest BCUT2D eigenvalue weighted by atomic mass is 10.1. The second-order valence-corrected chi connectivity index (χ2v) is 3.92. The normalized spacial score (nSPS) is 10.8. The summed E-state index contributed by atoms with van der Waals surface area (Å²) in [5, 5.41) is 0.715. The van der Waals surface area contributed by atoms with Gasteiger partial charge in [0.1, 0.15) is 5.82 Å². The van der Waals surface area contributed by atoms with E-state index in [0.717, 1.165) is 5.69 Å². The molecule has 0 aliphatic rings. The van der Waals surface area contributed by atoms with E-state index in [1.165, 1.54) is 13.2 Å². The lowest BCUT2D eigenvalue weighted by Gasteiger charge is -2.00. The van der Waals surface area contributed by atoms with Gasteiger partial charge < -0.3 is 9.72 Å². The summed E-state index contributed by atoms with van der Waals surface area (Å²) in [7, 11) is 1.34. The van der Waals surface area contributed by atoms with Crippen molar-refractivity contribution in [3.8, 4) is 0 Å². The third kappa shape index (κ3) is 1.69. The number of rotatable bonds is 2. The van der Waals surface area contributed by atoms with Crippen molar-refractivity contribution in [3.63, 3.8) is 0 Å². The highest BCUT2D eigenvalue weighted by molar-refractivity contribution is 6.06. The van der Waals surface area contributed by atoms with Gasteiger partial charge in [-0.15, -0.1) is 0 Å². The maximum atomic E-state index is 13.4. The van der Waals surface area contributed by atoms with Crippen molar-refractivity contribution >= 4 is 16.9 Å². The number of halogens is 1. The Balaban J connectivity index is 2.81. The van der Waals surface area contributed by atoms with Crippen LogP contribution >= 0.6 is 0 Å². The first-order valence-electron chi connectivity index (χ1n) is 5.48. The van der Waals surface area contributed by atoms with Crippen LogP contribution in [0.25, 0.3) is 10.9 Å². The van der Waals surface area contributed by atoms with Crippen molar-refractivity contribution in [2.75, 3.05) is 7.11 Å². The van der Waals surface area contributed by atoms with E-state index in [1.54, 1.807) is 13.0 Å². The molecule has 1 heterocycles. The lowest BCUT2D eigenvalue weighted by Crippen LogP contribution is -2.03. The molecule has 17 heavy (non-hydrogen) atoms. The lowest BCUT2D eigenvalue weighted by molar-refractivity contribution is 0.0602. The maximum absolute atomic E-state index is 13.4. The standard InChI is InChI=1S/C13H14FNO2/c1-4-10-11(13(16)17-3)8-5-6-9(14)7(2)12(8)15-10/h5-6,15H,4H2,1-3H3. The Morgan fingerprint density at radius 1 is 1.47 bits per heavy atom. The second-order valence-electron chi connectivity index (χ2n) is 3.92. The summed E-state index contributed by atoms with van der Waals surface area (Å²) in [6.45, 7) is 3.62. The van der Waals surface area contributed by atoms with Gasteiger partial charge in [0.05, 0.1) is 18.2 Å². The van der Waals surface area contributed by atoms with Crippen LogP contribution in [-0.2, 0) is 11.2 Å². The Kier molecular flexibility index (Phi) is 2.88. The number of hydrogen-bond donors (Lipinski definition) is 1. The summed E-state index contributed by atoms with van der Waals surface area (Å²) < 4.78 is 18.2. The first-order chi connectivity index (χ1) is 8.10. The van der Waals surface area contributed by atoms with Crippen LogP contribution in [0.5, 0.6) is 0 Å². The van der Waals surface area contributed by atoms with Gasteiger partial charge in [0.2, 0.25) is 0 Å². The fourth-order valence-corrected chi connectivity index (χ4v) is 2.03. The number of nitrogens with one attached hydrogen (secondary N) is 1. The predicted octanol–water partition coefficient (Wildman–Crippen LogP) is 2.96. The summed E-state index contributed by atoms with van der Waals surface area (Å²) in [6, 6.07) is 2.98. The minimum atomic E-state index is -0.390. The van der Waals surface area contributed by atoms with E-state index in [2.05, 4.69) is 4.98 Å². The van der Waals surface area contributed by atoms with E-state index in [0.29, 0.717) is 28.5 Å². The predicted molar refractivity (Wildman–Crippen MR) is 63.7 cm³/mol. The summed E-state index contributed by atoms with van der Waals surface area (Å²) in [6.07, 6.45) is 0.667. The van der Waals surface area contributed by atoms with Gasteiger partial charge in [-0.1, -0.05) is 6.92 Å². The molecule has 0 saturated carbocycles. The van der Waals surface area contributed by atoms with Gasteiger partial charge in [0.25, 0.3) is 0 Å².